The summed E-state index contributed by atoms with van der Waals surface area (Å²) in [5.74, 6) is 0.513. The third kappa shape index (κ3) is 3.96. The Hall–Kier alpha value is -3.48. The molecule has 1 aromatic heterocycles. The van der Waals surface area contributed by atoms with Gasteiger partial charge in [0.25, 0.3) is 5.56 Å². The van der Waals surface area contributed by atoms with Crippen molar-refractivity contribution in [3.05, 3.63) is 64.4 Å². The fourth-order valence-electron chi connectivity index (χ4n) is 3.91. The van der Waals surface area contributed by atoms with E-state index in [0.29, 0.717) is 17.9 Å². The summed E-state index contributed by atoms with van der Waals surface area (Å²) >= 11 is 0. The molecule has 0 bridgehead atoms. The molecule has 0 amide bonds. The zero-order valence-electron chi connectivity index (χ0n) is 17.1. The minimum Gasteiger partial charge on any atom is -0.497 e. The summed E-state index contributed by atoms with van der Waals surface area (Å²) in [6.45, 7) is 1.24. The van der Waals surface area contributed by atoms with E-state index in [1.165, 1.54) is 7.11 Å². The largest absolute Gasteiger partial charge is 0.497 e. The first-order valence-electron chi connectivity index (χ1n) is 9.97. The number of esters is 1. The number of pyridine rings is 1. The summed E-state index contributed by atoms with van der Waals surface area (Å²) in [6.07, 6.45) is 1.78. The Morgan fingerprint density at radius 1 is 1.17 bits per heavy atom. The molecule has 2 aromatic carbocycles. The van der Waals surface area contributed by atoms with Crippen molar-refractivity contribution in [2.75, 3.05) is 31.0 Å². The van der Waals surface area contributed by atoms with Crippen LogP contribution in [0.2, 0.25) is 0 Å². The first kappa shape index (κ1) is 19.8. The maximum atomic E-state index is 12.4. The lowest BCUT2D eigenvalue weighted by Crippen LogP contribution is -2.36. The molecule has 0 radical (unpaired) electrons. The van der Waals surface area contributed by atoms with E-state index in [-0.39, 0.29) is 17.6 Å². The number of benzene rings is 2. The molecule has 1 atom stereocenters. The highest BCUT2D eigenvalue weighted by atomic mass is 16.5. The van der Waals surface area contributed by atoms with Gasteiger partial charge in [0.05, 0.1) is 19.7 Å². The quantitative estimate of drug-likeness (QED) is 0.610. The second kappa shape index (κ2) is 8.49. The number of nitrogens with one attached hydrogen (secondary N) is 2. The van der Waals surface area contributed by atoms with Crippen LogP contribution in [-0.4, -0.2) is 37.8 Å². The molecule has 2 N–H and O–H groups in total. The number of rotatable bonds is 6. The van der Waals surface area contributed by atoms with Crippen molar-refractivity contribution >= 4 is 28.2 Å². The van der Waals surface area contributed by atoms with Gasteiger partial charge in [-0.1, -0.05) is 0 Å². The number of aromatic amines is 1. The van der Waals surface area contributed by atoms with Crippen LogP contribution in [0.4, 0.5) is 11.4 Å². The third-order valence-corrected chi connectivity index (χ3v) is 5.54. The van der Waals surface area contributed by atoms with Crippen LogP contribution in [0.5, 0.6) is 5.75 Å². The van der Waals surface area contributed by atoms with Gasteiger partial charge in [0.2, 0.25) is 0 Å². The monoisotopic (exact) mass is 407 g/mol. The minimum atomic E-state index is -0.219. The van der Waals surface area contributed by atoms with Gasteiger partial charge in [-0.25, -0.2) is 4.79 Å². The van der Waals surface area contributed by atoms with Gasteiger partial charge in [-0.3, -0.25) is 4.79 Å². The van der Waals surface area contributed by atoms with Gasteiger partial charge in [0, 0.05) is 36.1 Å². The van der Waals surface area contributed by atoms with Crippen LogP contribution in [-0.2, 0) is 16.1 Å². The Balaban J connectivity index is 1.46. The number of hydrogen-bond acceptors (Lipinski definition) is 6. The highest BCUT2D eigenvalue weighted by molar-refractivity contribution is 5.81. The normalized spacial score (nSPS) is 15.9. The van der Waals surface area contributed by atoms with Crippen LogP contribution in [0.15, 0.2) is 53.3 Å². The molecule has 0 aliphatic carbocycles. The van der Waals surface area contributed by atoms with E-state index in [4.69, 9.17) is 9.47 Å². The topological polar surface area (TPSA) is 83.7 Å². The molecule has 156 valence electrons. The van der Waals surface area contributed by atoms with Crippen LogP contribution >= 0.6 is 0 Å². The van der Waals surface area contributed by atoms with Gasteiger partial charge in [-0.2, -0.15) is 0 Å². The van der Waals surface area contributed by atoms with Crippen LogP contribution in [0.25, 0.3) is 10.9 Å². The molecule has 1 saturated heterocycles. The van der Waals surface area contributed by atoms with Crippen LogP contribution < -0.4 is 20.5 Å². The Kier molecular flexibility index (Phi) is 5.61. The van der Waals surface area contributed by atoms with Crippen molar-refractivity contribution in [2.24, 2.45) is 0 Å². The summed E-state index contributed by atoms with van der Waals surface area (Å²) in [7, 11) is 3.03. The van der Waals surface area contributed by atoms with Gasteiger partial charge in [-0.05, 0) is 60.7 Å². The first-order valence-corrected chi connectivity index (χ1v) is 9.97. The SMILES string of the molecule is COC(=O)[C@H]1CCCN1c1ccc(NCc2cc3ccc(OC)cc3[nH]c2=O)cc1. The van der Waals surface area contributed by atoms with Crippen molar-refractivity contribution in [1.82, 2.24) is 4.98 Å². The average molecular weight is 407 g/mol. The number of fused-ring (bicyclic) bond motifs is 1. The van der Waals surface area contributed by atoms with E-state index >= 15 is 0 Å². The number of ether oxygens (including phenoxy) is 2. The minimum absolute atomic E-state index is 0.127. The molecule has 3 aromatic rings. The van der Waals surface area contributed by atoms with E-state index in [1.54, 1.807) is 7.11 Å². The number of nitrogens with zero attached hydrogens (tertiary/aromatic N) is 1. The number of hydrogen-bond donors (Lipinski definition) is 2. The average Bonchev–Trinajstić information content (AvgIpc) is 3.27. The molecule has 30 heavy (non-hydrogen) atoms. The Morgan fingerprint density at radius 3 is 2.70 bits per heavy atom. The second-order valence-electron chi connectivity index (χ2n) is 7.35. The number of anilines is 2. The van der Waals surface area contributed by atoms with Crippen molar-refractivity contribution in [3.8, 4) is 5.75 Å². The van der Waals surface area contributed by atoms with Crippen molar-refractivity contribution in [3.63, 3.8) is 0 Å². The van der Waals surface area contributed by atoms with Gasteiger partial charge < -0.3 is 24.7 Å². The Bertz CT molecular complexity index is 1110. The number of H-pyrrole nitrogens is 1. The predicted molar refractivity (Wildman–Crippen MR) is 117 cm³/mol. The number of carbonyl (C=O) groups is 1. The van der Waals surface area contributed by atoms with Gasteiger partial charge in [-0.15, -0.1) is 0 Å². The highest BCUT2D eigenvalue weighted by Gasteiger charge is 2.31. The van der Waals surface area contributed by atoms with E-state index in [1.807, 2.05) is 48.5 Å². The van der Waals surface area contributed by atoms with Crippen molar-refractivity contribution in [1.29, 1.82) is 0 Å². The van der Waals surface area contributed by atoms with Crippen LogP contribution in [0.1, 0.15) is 18.4 Å². The van der Waals surface area contributed by atoms with E-state index in [2.05, 4.69) is 15.2 Å². The molecule has 0 spiro atoms. The summed E-state index contributed by atoms with van der Waals surface area (Å²) in [6, 6.07) is 15.2. The van der Waals surface area contributed by atoms with Crippen LogP contribution in [0, 0.1) is 0 Å². The molecule has 1 aliphatic rings. The molecule has 7 heteroatoms. The number of aromatic nitrogens is 1. The second-order valence-corrected chi connectivity index (χ2v) is 7.35. The van der Waals surface area contributed by atoms with Gasteiger partial charge in [0.1, 0.15) is 11.8 Å². The number of methoxy groups -OCH3 is 2. The summed E-state index contributed by atoms with van der Waals surface area (Å²) in [4.78, 5) is 29.4. The van der Waals surface area contributed by atoms with Crippen molar-refractivity contribution in [2.45, 2.75) is 25.4 Å². The van der Waals surface area contributed by atoms with Crippen molar-refractivity contribution < 1.29 is 14.3 Å². The molecule has 0 saturated carbocycles. The van der Waals surface area contributed by atoms with Crippen LogP contribution in [0.3, 0.4) is 0 Å². The lowest BCUT2D eigenvalue weighted by molar-refractivity contribution is -0.141. The van der Waals surface area contributed by atoms with E-state index in [0.717, 1.165) is 41.7 Å². The molecule has 0 unspecified atom stereocenters. The molecule has 2 heterocycles. The third-order valence-electron chi connectivity index (χ3n) is 5.54. The molecule has 1 fully saturated rings. The Labute approximate surface area is 174 Å². The lowest BCUT2D eigenvalue weighted by Gasteiger charge is -2.25. The maximum Gasteiger partial charge on any atom is 0.328 e. The van der Waals surface area contributed by atoms with Gasteiger partial charge in [0.15, 0.2) is 0 Å². The first-order chi connectivity index (χ1) is 14.6. The summed E-state index contributed by atoms with van der Waals surface area (Å²) in [5, 5.41) is 4.25. The van der Waals surface area contributed by atoms with E-state index < -0.39 is 0 Å². The standard InChI is InChI=1S/C23H25N3O4/c1-29-19-10-5-15-12-16(22(27)25-20(15)13-19)14-24-17-6-8-18(9-7-17)26-11-3-4-21(26)23(28)30-2/h5-10,12-13,21,24H,3-4,11,14H2,1-2H3,(H,25,27)/t21-/m1/s1. The summed E-state index contributed by atoms with van der Waals surface area (Å²) < 4.78 is 10.1. The zero-order chi connectivity index (χ0) is 21.1. The fraction of sp³-hybridized carbons (Fsp3) is 0.304. The van der Waals surface area contributed by atoms with Gasteiger partial charge >= 0.3 is 5.97 Å². The molecular weight excluding hydrogens is 382 g/mol. The fourth-order valence-corrected chi connectivity index (χ4v) is 3.91. The highest BCUT2D eigenvalue weighted by Crippen LogP contribution is 2.27. The smallest absolute Gasteiger partial charge is 0.328 e. The molecule has 1 aliphatic heterocycles. The predicted octanol–water partition coefficient (Wildman–Crippen LogP) is 3.29. The molecule has 4 rings (SSSR count). The zero-order valence-corrected chi connectivity index (χ0v) is 17.1. The molecular formula is C23H25N3O4. The molecule has 7 nitrogen and oxygen atoms in total. The van der Waals surface area contributed by atoms with E-state index in [9.17, 15) is 9.59 Å². The maximum absolute atomic E-state index is 12.4. The number of carbonyl (C=O) groups excluding carboxylic acids is 1. The lowest BCUT2D eigenvalue weighted by atomic mass is 10.1. The summed E-state index contributed by atoms with van der Waals surface area (Å²) in [5.41, 5.74) is 3.17. The Morgan fingerprint density at radius 2 is 1.97 bits per heavy atom.